The zero-order valence-corrected chi connectivity index (χ0v) is 34.0. The number of alkyl halides is 4. The van der Waals surface area contributed by atoms with Crippen molar-refractivity contribution in [1.29, 1.82) is 0 Å². The number of halogens is 7. The molecule has 11 nitrogen and oxygen atoms in total. The van der Waals surface area contributed by atoms with Crippen LogP contribution < -0.4 is 0 Å². The van der Waals surface area contributed by atoms with Gasteiger partial charge in [-0.2, -0.15) is 17.6 Å². The van der Waals surface area contributed by atoms with Gasteiger partial charge in [-0.3, -0.25) is 9.78 Å². The number of hydrogen-bond donors (Lipinski definition) is 3. The van der Waals surface area contributed by atoms with Crippen LogP contribution in [-0.2, 0) is 30.7 Å². The number of ether oxygens (including phenoxy) is 1. The van der Waals surface area contributed by atoms with Crippen LogP contribution in [0.25, 0.3) is 5.57 Å². The van der Waals surface area contributed by atoms with Gasteiger partial charge in [0.2, 0.25) is 0 Å². The molecule has 318 valence electrons. The summed E-state index contributed by atoms with van der Waals surface area (Å²) in [7, 11) is -1.15. The molecule has 5 rings (SSSR count). The van der Waals surface area contributed by atoms with Crippen molar-refractivity contribution >= 4 is 67.6 Å². The van der Waals surface area contributed by atoms with Crippen LogP contribution >= 0.6 is 34.8 Å². The van der Waals surface area contributed by atoms with Crippen LogP contribution in [0.1, 0.15) is 79.1 Å². The Morgan fingerprint density at radius 3 is 1.79 bits per heavy atom. The number of carbonyl (C=O) groups is 1. The van der Waals surface area contributed by atoms with Crippen LogP contribution in [0.4, 0.5) is 17.6 Å². The van der Waals surface area contributed by atoms with Crippen molar-refractivity contribution in [2.45, 2.75) is 99.0 Å². The summed E-state index contributed by atoms with van der Waals surface area (Å²) in [6.07, 6.45) is 7.46. The topological polar surface area (TPSA) is 138 Å². The highest BCUT2D eigenvalue weighted by Gasteiger charge is 2.52. The molecule has 0 aromatic carbocycles. The maximum absolute atomic E-state index is 13.4. The first kappa shape index (κ1) is 52.8. The summed E-state index contributed by atoms with van der Waals surface area (Å²) in [5.41, 5.74) is 1.13. The highest BCUT2D eigenvalue weighted by molar-refractivity contribution is 6.54. The minimum atomic E-state index is -3.35. The smallest absolute Gasteiger partial charge is 0.459 e. The van der Waals surface area contributed by atoms with E-state index in [9.17, 15) is 32.4 Å². The van der Waals surface area contributed by atoms with E-state index >= 15 is 0 Å². The van der Waals surface area contributed by atoms with Gasteiger partial charge in [0, 0.05) is 43.5 Å². The zero-order valence-electron chi connectivity index (χ0n) is 31.8. The van der Waals surface area contributed by atoms with Crippen LogP contribution in [0.3, 0.4) is 0 Å². The first-order valence-electron chi connectivity index (χ1n) is 17.5. The Bertz CT molecular complexity index is 1700. The van der Waals surface area contributed by atoms with E-state index in [2.05, 4.69) is 48.5 Å². The molecule has 3 aliphatic heterocycles. The molecule has 2 aromatic heterocycles. The number of hydrogen-bond acceptors (Lipinski definition) is 11. The second-order valence-electron chi connectivity index (χ2n) is 14.2. The van der Waals surface area contributed by atoms with Crippen LogP contribution in [-0.4, -0.2) is 113 Å². The van der Waals surface area contributed by atoms with Crippen molar-refractivity contribution in [1.82, 2.24) is 19.6 Å². The maximum atomic E-state index is 13.4. The number of aliphatic hydroxyl groups excluding tert-OH is 1. The fraction of sp³-hybridized carbons (Fsp3) is 0.583. The highest BCUT2D eigenvalue weighted by Crippen LogP contribution is 2.39. The van der Waals surface area contributed by atoms with Crippen molar-refractivity contribution in [3.63, 3.8) is 0 Å². The van der Waals surface area contributed by atoms with E-state index in [0.29, 0.717) is 25.2 Å². The second kappa shape index (κ2) is 21.8. The fourth-order valence-electron chi connectivity index (χ4n) is 5.35. The molecule has 0 atom stereocenters. The van der Waals surface area contributed by atoms with Gasteiger partial charge in [0.1, 0.15) is 11.8 Å². The monoisotopic (exact) mass is 868 g/mol. The van der Waals surface area contributed by atoms with E-state index < -0.39 is 49.2 Å². The molecule has 21 heteroatoms. The fourth-order valence-corrected chi connectivity index (χ4v) is 5.91. The largest absolute Gasteiger partial charge is 0.490 e. The lowest BCUT2D eigenvalue weighted by Crippen LogP contribution is -2.41. The van der Waals surface area contributed by atoms with Crippen LogP contribution in [0.15, 0.2) is 42.2 Å². The Hall–Kier alpha value is -2.25. The first-order chi connectivity index (χ1) is 25.4. The Morgan fingerprint density at radius 1 is 0.877 bits per heavy atom. The van der Waals surface area contributed by atoms with Gasteiger partial charge in [0.15, 0.2) is 6.61 Å². The molecule has 0 unspecified atom stereocenters. The van der Waals surface area contributed by atoms with E-state index in [1.807, 2.05) is 15.7 Å². The lowest BCUT2D eigenvalue weighted by Gasteiger charge is -2.32. The molecule has 5 heterocycles. The van der Waals surface area contributed by atoms with E-state index in [1.165, 1.54) is 5.47 Å². The number of carbonyl (C=O) groups excluding carboxylic acids is 1. The molecule has 0 bridgehead atoms. The van der Waals surface area contributed by atoms with Crippen molar-refractivity contribution < 1.29 is 51.6 Å². The highest BCUT2D eigenvalue weighted by atomic mass is 35.5. The Kier molecular flexibility index (Phi) is 20.2. The van der Waals surface area contributed by atoms with Gasteiger partial charge >= 0.3 is 33.1 Å². The maximum Gasteiger partial charge on any atom is 0.490 e. The number of rotatable bonds is 9. The van der Waals surface area contributed by atoms with E-state index in [4.69, 9.17) is 49.2 Å². The molecule has 2 aromatic rings. The molecule has 0 amide bonds. The predicted octanol–water partition coefficient (Wildman–Crippen LogP) is 7.69. The Morgan fingerprint density at radius 2 is 1.37 bits per heavy atom. The molecular weight excluding hydrogens is 815 g/mol. The van der Waals surface area contributed by atoms with Gasteiger partial charge in [-0.1, -0.05) is 61.8 Å². The molecule has 3 aliphatic rings. The normalized spacial score (nSPS) is 17.9. The third kappa shape index (κ3) is 14.5. The molecule has 57 heavy (non-hydrogen) atoms. The Balaban J connectivity index is 0.000000424. The average Bonchev–Trinajstić information content (AvgIpc) is 3.34. The number of aliphatic hydroxyl groups is 1. The molecule has 3 N–H and O–H groups in total. The molecule has 1 saturated heterocycles. The molecule has 0 radical (unpaired) electrons. The summed E-state index contributed by atoms with van der Waals surface area (Å²) in [5, 5.41) is 27.7. The number of aromatic nitrogens is 2. The second-order valence-corrected chi connectivity index (χ2v) is 15.4. The van der Waals surface area contributed by atoms with Crippen LogP contribution in [0.2, 0.25) is 28.8 Å². The molecule has 0 spiro atoms. The number of esters is 1. The lowest BCUT2D eigenvalue weighted by atomic mass is 9.72. The van der Waals surface area contributed by atoms with Crippen molar-refractivity contribution in [2.24, 2.45) is 0 Å². The summed E-state index contributed by atoms with van der Waals surface area (Å²) >= 11 is 17.1. The Labute approximate surface area is 350 Å². The van der Waals surface area contributed by atoms with E-state index in [0.717, 1.165) is 56.5 Å². The summed E-state index contributed by atoms with van der Waals surface area (Å²) < 4.78 is 69.9. The predicted molar refractivity (Wildman–Crippen MR) is 221 cm³/mol. The summed E-state index contributed by atoms with van der Waals surface area (Å²) in [6.45, 7) is 13.3. The third-order valence-corrected chi connectivity index (χ3v) is 10.5. The van der Waals surface area contributed by atoms with Gasteiger partial charge in [-0.25, -0.2) is 4.98 Å². The molecule has 1 fully saturated rings. The van der Waals surface area contributed by atoms with E-state index in [1.54, 1.807) is 13.6 Å². The minimum Gasteiger partial charge on any atom is -0.459 e. The van der Waals surface area contributed by atoms with Gasteiger partial charge in [-0.05, 0) is 90.5 Å². The zero-order chi connectivity index (χ0) is 41.5. The minimum absolute atomic E-state index is 0. The standard InChI is InChI=1S/C13H16BClF2N2O2.C12H23B2NO3.C9H7Cl2F2NO2.2CH4/c1-14(21)19-4-2-9(3-5-19)12-11(15)6-10(7-18-12)13(16,17)8-20;1-11(2)12(3,4)18-14(17-11)10-6-8-15(9-7-10)13(5)16;1-5(15)16-4-9(12,13)6-2-7(10)8(11)14-3-6;;/h2,6-7,20-21H,3-5,8H2,1H3;6,16H,7-9H2,1-5H3;2-3H,4H2,1H3;2*1H4. The summed E-state index contributed by atoms with van der Waals surface area (Å²) in [5.74, 6) is -7.47. The van der Waals surface area contributed by atoms with Crippen LogP contribution in [0, 0.1) is 0 Å². The van der Waals surface area contributed by atoms with Gasteiger partial charge in [0.05, 0.1) is 26.9 Å². The number of pyridine rings is 2. The van der Waals surface area contributed by atoms with E-state index in [-0.39, 0.29) is 55.4 Å². The molecule has 0 saturated carbocycles. The molecule has 0 aliphatic carbocycles. The quantitative estimate of drug-likeness (QED) is 0.0991. The lowest BCUT2D eigenvalue weighted by molar-refractivity contribution is -0.153. The first-order valence-corrected chi connectivity index (χ1v) is 18.6. The third-order valence-electron chi connectivity index (χ3n) is 9.57. The van der Waals surface area contributed by atoms with Crippen molar-refractivity contribution in [3.05, 3.63) is 74.2 Å². The van der Waals surface area contributed by atoms with Crippen molar-refractivity contribution in [2.75, 3.05) is 39.4 Å². The average molecular weight is 870 g/mol. The molecular formula is C36H54B3Cl3F4N4O7. The summed E-state index contributed by atoms with van der Waals surface area (Å²) in [4.78, 5) is 21.8. The van der Waals surface area contributed by atoms with Gasteiger partial charge in [-0.15, -0.1) is 0 Å². The number of nitrogens with zero attached hydrogens (tertiary/aromatic N) is 4. The van der Waals surface area contributed by atoms with Gasteiger partial charge in [0.25, 0.3) is 5.92 Å². The van der Waals surface area contributed by atoms with Crippen LogP contribution in [0.5, 0.6) is 0 Å². The van der Waals surface area contributed by atoms with Gasteiger partial charge < -0.3 is 38.8 Å². The van der Waals surface area contributed by atoms with Crippen molar-refractivity contribution in [3.8, 4) is 0 Å². The SMILES string of the molecule is C.C.CB(O)N1CC=C(B2OC(C)(C)C(C)(C)O2)CC1.CB(O)N1CC=C(c2ncc(C(F)(F)CO)cc2Cl)CC1.CC(=O)OCC(F)(F)c1cnc(Cl)c(Cl)c1. The summed E-state index contributed by atoms with van der Waals surface area (Å²) in [6, 6.07) is 2.13.